The van der Waals surface area contributed by atoms with Crippen molar-refractivity contribution in [3.8, 4) is 5.75 Å². The number of carbonyl (C=O) groups excluding carboxylic acids is 1. The highest BCUT2D eigenvalue weighted by Gasteiger charge is 2.19. The Morgan fingerprint density at radius 1 is 1.17 bits per heavy atom. The molecule has 118 valence electrons. The number of amides is 1. The number of halogens is 1. The predicted octanol–water partition coefficient (Wildman–Crippen LogP) is 4.96. The highest BCUT2D eigenvalue weighted by atomic mass is 35.5. The van der Waals surface area contributed by atoms with Crippen LogP contribution >= 0.6 is 11.6 Å². The number of aryl methyl sites for hydroxylation is 2. The molecule has 23 heavy (non-hydrogen) atoms. The van der Waals surface area contributed by atoms with Gasteiger partial charge in [0.25, 0.3) is 5.91 Å². The van der Waals surface area contributed by atoms with E-state index in [-0.39, 0.29) is 5.91 Å². The molecule has 0 saturated carbocycles. The van der Waals surface area contributed by atoms with E-state index in [0.29, 0.717) is 33.4 Å². The third-order valence-electron chi connectivity index (χ3n) is 3.75. The lowest BCUT2D eigenvalue weighted by molar-refractivity contribution is 0.102. The molecule has 0 aliphatic carbocycles. The highest BCUT2D eigenvalue weighted by molar-refractivity contribution is 6.31. The van der Waals surface area contributed by atoms with E-state index in [1.165, 1.54) is 0 Å². The maximum absolute atomic E-state index is 12.7. The number of rotatable bonds is 3. The van der Waals surface area contributed by atoms with Gasteiger partial charge < -0.3 is 14.5 Å². The van der Waals surface area contributed by atoms with Gasteiger partial charge in [0.2, 0.25) is 0 Å². The van der Waals surface area contributed by atoms with E-state index in [1.54, 1.807) is 44.4 Å². The molecule has 0 bridgehead atoms. The highest BCUT2D eigenvalue weighted by Crippen LogP contribution is 2.30. The molecule has 3 rings (SSSR count). The number of furan rings is 1. The zero-order valence-electron chi connectivity index (χ0n) is 13.1. The summed E-state index contributed by atoms with van der Waals surface area (Å²) in [6.07, 6.45) is 0. The lowest BCUT2D eigenvalue weighted by Gasteiger charge is -2.09. The summed E-state index contributed by atoms with van der Waals surface area (Å²) in [6, 6.07) is 10.8. The number of benzene rings is 2. The summed E-state index contributed by atoms with van der Waals surface area (Å²) in [7, 11) is 1.59. The van der Waals surface area contributed by atoms with Crippen molar-refractivity contribution in [2.45, 2.75) is 13.8 Å². The van der Waals surface area contributed by atoms with E-state index in [4.69, 9.17) is 20.8 Å². The summed E-state index contributed by atoms with van der Waals surface area (Å²) >= 11 is 6.00. The van der Waals surface area contributed by atoms with Gasteiger partial charge in [-0.15, -0.1) is 0 Å². The molecule has 0 spiro atoms. The van der Waals surface area contributed by atoms with Gasteiger partial charge in [-0.25, -0.2) is 0 Å². The Morgan fingerprint density at radius 2 is 1.96 bits per heavy atom. The molecule has 0 radical (unpaired) electrons. The minimum absolute atomic E-state index is 0.236. The maximum Gasteiger partial charge on any atom is 0.259 e. The van der Waals surface area contributed by atoms with Crippen LogP contribution in [0.3, 0.4) is 0 Å². The van der Waals surface area contributed by atoms with Crippen LogP contribution in [0.25, 0.3) is 11.0 Å². The monoisotopic (exact) mass is 329 g/mol. The number of nitrogens with one attached hydrogen (secondary N) is 1. The number of anilines is 1. The smallest absolute Gasteiger partial charge is 0.259 e. The first-order chi connectivity index (χ1) is 11.0. The fourth-order valence-electron chi connectivity index (χ4n) is 2.52. The average molecular weight is 330 g/mol. The molecule has 0 aliphatic rings. The second kappa shape index (κ2) is 5.97. The van der Waals surface area contributed by atoms with E-state index in [9.17, 15) is 4.79 Å². The van der Waals surface area contributed by atoms with Gasteiger partial charge in [0, 0.05) is 16.1 Å². The summed E-state index contributed by atoms with van der Waals surface area (Å²) in [5.74, 6) is 0.997. The summed E-state index contributed by atoms with van der Waals surface area (Å²) in [5.41, 5.74) is 2.76. The topological polar surface area (TPSA) is 51.5 Å². The molecule has 5 heteroatoms. The predicted molar refractivity (Wildman–Crippen MR) is 91.6 cm³/mol. The molecule has 1 heterocycles. The van der Waals surface area contributed by atoms with Crippen molar-refractivity contribution < 1.29 is 13.9 Å². The van der Waals surface area contributed by atoms with Crippen LogP contribution in [0.4, 0.5) is 5.69 Å². The van der Waals surface area contributed by atoms with Gasteiger partial charge in [0.15, 0.2) is 0 Å². The summed E-state index contributed by atoms with van der Waals surface area (Å²) in [6.45, 7) is 3.68. The third kappa shape index (κ3) is 2.90. The lowest BCUT2D eigenvalue weighted by Crippen LogP contribution is -2.13. The summed E-state index contributed by atoms with van der Waals surface area (Å²) < 4.78 is 10.9. The van der Waals surface area contributed by atoms with Gasteiger partial charge in [0.1, 0.15) is 17.1 Å². The van der Waals surface area contributed by atoms with Crippen molar-refractivity contribution in [1.29, 1.82) is 0 Å². The van der Waals surface area contributed by atoms with E-state index in [2.05, 4.69) is 5.32 Å². The summed E-state index contributed by atoms with van der Waals surface area (Å²) in [4.78, 5) is 12.7. The largest absolute Gasteiger partial charge is 0.497 e. The van der Waals surface area contributed by atoms with Gasteiger partial charge in [-0.3, -0.25) is 4.79 Å². The Balaban J connectivity index is 2.03. The Bertz CT molecular complexity index is 899. The van der Waals surface area contributed by atoms with E-state index in [0.717, 1.165) is 10.9 Å². The quantitative estimate of drug-likeness (QED) is 0.738. The average Bonchev–Trinajstić information content (AvgIpc) is 2.85. The molecule has 0 saturated heterocycles. The van der Waals surface area contributed by atoms with E-state index in [1.807, 2.05) is 13.0 Å². The molecule has 4 nitrogen and oxygen atoms in total. The van der Waals surface area contributed by atoms with Crippen molar-refractivity contribution in [2.24, 2.45) is 0 Å². The first-order valence-electron chi connectivity index (χ1n) is 7.14. The molecule has 1 aromatic heterocycles. The van der Waals surface area contributed by atoms with Crippen LogP contribution in [0.2, 0.25) is 5.02 Å². The lowest BCUT2D eigenvalue weighted by atomic mass is 10.1. The number of ether oxygens (including phenoxy) is 1. The Labute approximate surface area is 139 Å². The number of fused-ring (bicyclic) bond motifs is 1. The van der Waals surface area contributed by atoms with Gasteiger partial charge in [-0.05, 0) is 49.7 Å². The van der Waals surface area contributed by atoms with Crippen LogP contribution < -0.4 is 10.1 Å². The van der Waals surface area contributed by atoms with Crippen molar-refractivity contribution in [1.82, 2.24) is 0 Å². The van der Waals surface area contributed by atoms with Gasteiger partial charge >= 0.3 is 0 Å². The SMILES string of the molecule is COc1ccc2oc(C)c(C(=O)Nc3cc(Cl)ccc3C)c2c1. The first kappa shape index (κ1) is 15.4. The van der Waals surface area contributed by atoms with Crippen molar-refractivity contribution in [3.63, 3.8) is 0 Å². The number of hydrogen-bond donors (Lipinski definition) is 1. The van der Waals surface area contributed by atoms with Crippen LogP contribution in [0.15, 0.2) is 40.8 Å². The fourth-order valence-corrected chi connectivity index (χ4v) is 2.69. The minimum atomic E-state index is -0.236. The molecule has 1 amide bonds. The molecular weight excluding hydrogens is 314 g/mol. The van der Waals surface area contributed by atoms with Crippen molar-refractivity contribution >= 4 is 34.2 Å². The molecule has 0 aliphatic heterocycles. The molecule has 2 aromatic carbocycles. The van der Waals surface area contributed by atoms with Crippen LogP contribution in [-0.4, -0.2) is 13.0 Å². The normalized spacial score (nSPS) is 10.8. The van der Waals surface area contributed by atoms with Crippen molar-refractivity contribution in [3.05, 3.63) is 58.3 Å². The Morgan fingerprint density at radius 3 is 2.70 bits per heavy atom. The van der Waals surface area contributed by atoms with Crippen LogP contribution in [0.1, 0.15) is 21.7 Å². The molecule has 0 atom stereocenters. The van der Waals surface area contributed by atoms with Gasteiger partial charge in [0.05, 0.1) is 12.7 Å². The molecule has 0 fully saturated rings. The zero-order valence-corrected chi connectivity index (χ0v) is 13.8. The fraction of sp³-hybridized carbons (Fsp3) is 0.167. The van der Waals surface area contributed by atoms with Crippen LogP contribution in [0, 0.1) is 13.8 Å². The van der Waals surface area contributed by atoms with Gasteiger partial charge in [-0.2, -0.15) is 0 Å². The maximum atomic E-state index is 12.7. The molecule has 0 unspecified atom stereocenters. The second-order valence-corrected chi connectivity index (χ2v) is 5.75. The van der Waals surface area contributed by atoms with Crippen LogP contribution in [-0.2, 0) is 0 Å². The molecule has 3 aromatic rings. The van der Waals surface area contributed by atoms with Crippen LogP contribution in [0.5, 0.6) is 5.75 Å². The third-order valence-corrected chi connectivity index (χ3v) is 3.98. The first-order valence-corrected chi connectivity index (χ1v) is 7.52. The molecule has 1 N–H and O–H groups in total. The molecular formula is C18H16ClNO3. The van der Waals surface area contributed by atoms with Gasteiger partial charge in [-0.1, -0.05) is 17.7 Å². The second-order valence-electron chi connectivity index (χ2n) is 5.31. The minimum Gasteiger partial charge on any atom is -0.497 e. The van der Waals surface area contributed by atoms with Crippen molar-refractivity contribution in [2.75, 3.05) is 12.4 Å². The number of methoxy groups -OCH3 is 1. The van der Waals surface area contributed by atoms with E-state index >= 15 is 0 Å². The Hall–Kier alpha value is -2.46. The summed E-state index contributed by atoms with van der Waals surface area (Å²) in [5, 5.41) is 4.19. The van der Waals surface area contributed by atoms with E-state index < -0.39 is 0 Å². The Kier molecular flexibility index (Phi) is 4.01. The number of carbonyl (C=O) groups is 1. The standard InChI is InChI=1S/C18H16ClNO3/c1-10-4-5-12(19)8-15(10)20-18(21)17-11(2)23-16-7-6-13(22-3)9-14(16)17/h4-9H,1-3H3,(H,20,21). The number of hydrogen-bond acceptors (Lipinski definition) is 3. The zero-order chi connectivity index (χ0) is 16.6.